The molecule has 0 aliphatic heterocycles. The third-order valence-corrected chi connectivity index (χ3v) is 4.04. The number of rotatable bonds is 8. The number of carbonyl (C=O) groups excluding carboxylic acids is 1. The Bertz CT molecular complexity index is 716. The summed E-state index contributed by atoms with van der Waals surface area (Å²) in [5, 5.41) is 3.06. The van der Waals surface area contributed by atoms with Gasteiger partial charge in [0, 0.05) is 11.3 Å². The Hall–Kier alpha value is -2.40. The third kappa shape index (κ3) is 5.29. The minimum Gasteiger partial charge on any atom is -0.493 e. The van der Waals surface area contributed by atoms with Crippen LogP contribution < -0.4 is 15.8 Å². The van der Waals surface area contributed by atoms with Crippen molar-refractivity contribution in [2.24, 2.45) is 5.73 Å². The van der Waals surface area contributed by atoms with E-state index in [1.54, 1.807) is 6.07 Å². The van der Waals surface area contributed by atoms with E-state index >= 15 is 0 Å². The van der Waals surface area contributed by atoms with Gasteiger partial charge >= 0.3 is 0 Å². The van der Waals surface area contributed by atoms with Crippen LogP contribution in [0.15, 0.2) is 36.4 Å². The molecule has 0 saturated heterocycles. The molecule has 0 spiro atoms. The van der Waals surface area contributed by atoms with Gasteiger partial charge in [0.2, 0.25) is 0 Å². The zero-order chi connectivity index (χ0) is 18.2. The predicted octanol–water partition coefficient (Wildman–Crippen LogP) is 3.31. The van der Waals surface area contributed by atoms with Crippen molar-refractivity contribution in [3.8, 4) is 5.75 Å². The Labute approximate surface area is 149 Å². The highest BCUT2D eigenvalue weighted by atomic mass is 16.5. The lowest BCUT2D eigenvalue weighted by Gasteiger charge is -2.18. The topological polar surface area (TPSA) is 77.2 Å². The molecule has 0 unspecified atom stereocenters. The summed E-state index contributed by atoms with van der Waals surface area (Å²) >= 11 is 0. The average molecular weight is 341 g/mol. The molecule has 0 radical (unpaired) electrons. The second-order valence-corrected chi connectivity index (χ2v) is 6.11. The van der Waals surface area contributed by atoms with Crippen molar-refractivity contribution in [1.29, 1.82) is 0 Å². The molecule has 25 heavy (non-hydrogen) atoms. The standard InChI is InChI=1S/C20H27N3O2/c1-4-17(18-8-5-7-15(3)22-18)23-20(24)16-10-9-14(2)19(13-16)25-12-6-11-21/h5,7-10,13,17H,4,6,11-12,21H2,1-3H3,(H,23,24)/t17-/m1/s1. The quantitative estimate of drug-likeness (QED) is 0.722. The summed E-state index contributed by atoms with van der Waals surface area (Å²) in [6.07, 6.45) is 1.56. The van der Waals surface area contributed by atoms with E-state index in [4.69, 9.17) is 10.5 Å². The van der Waals surface area contributed by atoms with Crippen LogP contribution in [0, 0.1) is 13.8 Å². The minimum absolute atomic E-state index is 0.115. The van der Waals surface area contributed by atoms with Crippen molar-refractivity contribution in [1.82, 2.24) is 10.3 Å². The third-order valence-electron chi connectivity index (χ3n) is 4.04. The molecule has 5 nitrogen and oxygen atoms in total. The molecule has 3 N–H and O–H groups in total. The molecule has 0 saturated carbocycles. The first-order valence-corrected chi connectivity index (χ1v) is 8.73. The molecule has 134 valence electrons. The van der Waals surface area contributed by atoms with Crippen LogP contribution in [0.1, 0.15) is 53.1 Å². The number of nitrogens with zero attached hydrogens (tertiary/aromatic N) is 1. The maximum atomic E-state index is 12.7. The number of aromatic nitrogens is 1. The zero-order valence-corrected chi connectivity index (χ0v) is 15.2. The monoisotopic (exact) mass is 341 g/mol. The number of carbonyl (C=O) groups is 1. The van der Waals surface area contributed by atoms with Gasteiger partial charge in [-0.1, -0.05) is 19.1 Å². The molecule has 0 bridgehead atoms. The predicted molar refractivity (Wildman–Crippen MR) is 99.8 cm³/mol. The number of ether oxygens (including phenoxy) is 1. The molecule has 1 amide bonds. The Morgan fingerprint density at radius 2 is 2.08 bits per heavy atom. The molecular weight excluding hydrogens is 314 g/mol. The molecule has 0 aliphatic rings. The number of pyridine rings is 1. The molecule has 0 aliphatic carbocycles. The SMILES string of the molecule is CC[C@@H](NC(=O)c1ccc(C)c(OCCCN)c1)c1cccc(C)n1. The highest BCUT2D eigenvalue weighted by Gasteiger charge is 2.16. The summed E-state index contributed by atoms with van der Waals surface area (Å²) in [5.41, 5.74) is 8.90. The fourth-order valence-corrected chi connectivity index (χ4v) is 2.55. The lowest BCUT2D eigenvalue weighted by atomic mass is 10.1. The number of nitrogens with one attached hydrogen (secondary N) is 1. The normalized spacial score (nSPS) is 11.8. The van der Waals surface area contributed by atoms with E-state index in [9.17, 15) is 4.79 Å². The average Bonchev–Trinajstić information content (AvgIpc) is 2.61. The van der Waals surface area contributed by atoms with Crippen LogP contribution in [0.5, 0.6) is 5.75 Å². The Morgan fingerprint density at radius 3 is 2.76 bits per heavy atom. The molecule has 0 fully saturated rings. The highest BCUT2D eigenvalue weighted by Crippen LogP contribution is 2.21. The summed E-state index contributed by atoms with van der Waals surface area (Å²) in [4.78, 5) is 17.2. The van der Waals surface area contributed by atoms with E-state index in [1.165, 1.54) is 0 Å². The Morgan fingerprint density at radius 1 is 1.28 bits per heavy atom. The number of amides is 1. The van der Waals surface area contributed by atoms with Crippen molar-refractivity contribution in [2.75, 3.05) is 13.2 Å². The fraction of sp³-hybridized carbons (Fsp3) is 0.400. The van der Waals surface area contributed by atoms with Crippen LogP contribution in [-0.4, -0.2) is 24.0 Å². The van der Waals surface area contributed by atoms with Crippen molar-refractivity contribution in [3.05, 3.63) is 58.9 Å². The van der Waals surface area contributed by atoms with E-state index in [0.717, 1.165) is 35.5 Å². The molecule has 5 heteroatoms. The summed E-state index contributed by atoms with van der Waals surface area (Å²) < 4.78 is 5.73. The van der Waals surface area contributed by atoms with Crippen LogP contribution in [-0.2, 0) is 0 Å². The van der Waals surface area contributed by atoms with Gasteiger partial charge in [-0.05, 0) is 63.1 Å². The van der Waals surface area contributed by atoms with Gasteiger partial charge in [0.05, 0.1) is 18.3 Å². The first-order valence-electron chi connectivity index (χ1n) is 8.73. The fourth-order valence-electron chi connectivity index (χ4n) is 2.55. The highest BCUT2D eigenvalue weighted by molar-refractivity contribution is 5.95. The Balaban J connectivity index is 2.12. The molecule has 1 aromatic carbocycles. The molecule has 1 aromatic heterocycles. The maximum Gasteiger partial charge on any atom is 0.251 e. The molecule has 1 atom stereocenters. The van der Waals surface area contributed by atoms with Crippen molar-refractivity contribution < 1.29 is 9.53 Å². The number of hydrogen-bond donors (Lipinski definition) is 2. The van der Waals surface area contributed by atoms with Crippen molar-refractivity contribution in [3.63, 3.8) is 0 Å². The molecule has 2 rings (SSSR count). The van der Waals surface area contributed by atoms with Gasteiger partial charge in [0.15, 0.2) is 0 Å². The van der Waals surface area contributed by atoms with Gasteiger partial charge in [-0.15, -0.1) is 0 Å². The van der Waals surface area contributed by atoms with E-state index in [1.807, 2.05) is 51.1 Å². The minimum atomic E-state index is -0.126. The van der Waals surface area contributed by atoms with Gasteiger partial charge in [-0.2, -0.15) is 0 Å². The number of hydrogen-bond acceptors (Lipinski definition) is 4. The van der Waals surface area contributed by atoms with E-state index in [-0.39, 0.29) is 11.9 Å². The van der Waals surface area contributed by atoms with Gasteiger partial charge in [0.1, 0.15) is 5.75 Å². The molecule has 2 aromatic rings. The van der Waals surface area contributed by atoms with Crippen LogP contribution in [0.25, 0.3) is 0 Å². The van der Waals surface area contributed by atoms with Crippen LogP contribution in [0.4, 0.5) is 0 Å². The number of nitrogens with two attached hydrogens (primary N) is 1. The van der Waals surface area contributed by atoms with Gasteiger partial charge in [0.25, 0.3) is 5.91 Å². The van der Waals surface area contributed by atoms with Crippen LogP contribution in [0.3, 0.4) is 0 Å². The summed E-state index contributed by atoms with van der Waals surface area (Å²) in [5.74, 6) is 0.599. The lowest BCUT2D eigenvalue weighted by Crippen LogP contribution is -2.28. The Kier molecular flexibility index (Phi) is 6.95. The smallest absolute Gasteiger partial charge is 0.251 e. The van der Waals surface area contributed by atoms with Crippen LogP contribution >= 0.6 is 0 Å². The lowest BCUT2D eigenvalue weighted by molar-refractivity contribution is 0.0934. The van der Waals surface area contributed by atoms with E-state index in [0.29, 0.717) is 18.7 Å². The first kappa shape index (κ1) is 18.9. The van der Waals surface area contributed by atoms with E-state index in [2.05, 4.69) is 10.3 Å². The number of benzene rings is 1. The van der Waals surface area contributed by atoms with Crippen LogP contribution in [0.2, 0.25) is 0 Å². The summed E-state index contributed by atoms with van der Waals surface area (Å²) in [6, 6.07) is 11.2. The summed E-state index contributed by atoms with van der Waals surface area (Å²) in [6.45, 7) is 7.08. The van der Waals surface area contributed by atoms with Gasteiger partial charge in [-0.3, -0.25) is 9.78 Å². The van der Waals surface area contributed by atoms with Crippen molar-refractivity contribution >= 4 is 5.91 Å². The van der Waals surface area contributed by atoms with Gasteiger partial charge < -0.3 is 15.8 Å². The zero-order valence-electron chi connectivity index (χ0n) is 15.2. The molecule has 1 heterocycles. The second-order valence-electron chi connectivity index (χ2n) is 6.11. The van der Waals surface area contributed by atoms with Gasteiger partial charge in [-0.25, -0.2) is 0 Å². The first-order chi connectivity index (χ1) is 12.0. The maximum absolute atomic E-state index is 12.7. The largest absolute Gasteiger partial charge is 0.493 e. The summed E-state index contributed by atoms with van der Waals surface area (Å²) in [7, 11) is 0. The van der Waals surface area contributed by atoms with E-state index < -0.39 is 0 Å². The number of aryl methyl sites for hydroxylation is 2. The second kappa shape index (κ2) is 9.18. The molecular formula is C20H27N3O2. The van der Waals surface area contributed by atoms with Crippen molar-refractivity contribution in [2.45, 2.75) is 39.7 Å².